The summed E-state index contributed by atoms with van der Waals surface area (Å²) in [5.74, 6) is 3.75. The van der Waals surface area contributed by atoms with Gasteiger partial charge in [0, 0.05) is 24.6 Å². The van der Waals surface area contributed by atoms with Gasteiger partial charge in [-0.3, -0.25) is 0 Å². The smallest absolute Gasteiger partial charge is 0.137 e. The van der Waals surface area contributed by atoms with Crippen molar-refractivity contribution in [2.24, 2.45) is 5.92 Å². The van der Waals surface area contributed by atoms with Crippen molar-refractivity contribution in [3.63, 3.8) is 0 Å². The van der Waals surface area contributed by atoms with Crippen LogP contribution in [0.25, 0.3) is 0 Å². The van der Waals surface area contributed by atoms with Crippen LogP contribution in [0.5, 0.6) is 0 Å². The molecule has 4 heteroatoms. The molecule has 1 aliphatic rings. The molecule has 0 radical (unpaired) electrons. The molecule has 1 saturated heterocycles. The zero-order valence-corrected chi connectivity index (χ0v) is 14.0. The monoisotopic (exact) mass is 290 g/mol. The molecule has 0 amide bonds. The lowest BCUT2D eigenvalue weighted by Crippen LogP contribution is -2.27. The molecule has 21 heavy (non-hydrogen) atoms. The SMILES string of the molecule is CCCC1CCCN(c2nc(C(C)C)nc(N)c2C)CC1. The van der Waals surface area contributed by atoms with Crippen LogP contribution in [0, 0.1) is 12.8 Å². The number of rotatable bonds is 4. The lowest BCUT2D eigenvalue weighted by Gasteiger charge is -2.25. The minimum absolute atomic E-state index is 0.312. The van der Waals surface area contributed by atoms with Gasteiger partial charge in [-0.05, 0) is 32.1 Å². The first-order valence-corrected chi connectivity index (χ1v) is 8.41. The summed E-state index contributed by atoms with van der Waals surface area (Å²) in [6, 6.07) is 0. The summed E-state index contributed by atoms with van der Waals surface area (Å²) in [4.78, 5) is 11.7. The number of nitrogens with zero attached hydrogens (tertiary/aromatic N) is 3. The first-order chi connectivity index (χ1) is 10.0. The Morgan fingerprint density at radius 2 is 2.00 bits per heavy atom. The van der Waals surface area contributed by atoms with Crippen LogP contribution >= 0.6 is 0 Å². The number of hydrogen-bond donors (Lipinski definition) is 1. The minimum atomic E-state index is 0.312. The van der Waals surface area contributed by atoms with Crippen LogP contribution in [-0.2, 0) is 0 Å². The Bertz CT molecular complexity index is 470. The van der Waals surface area contributed by atoms with E-state index in [0.29, 0.717) is 11.7 Å². The second kappa shape index (κ2) is 7.10. The van der Waals surface area contributed by atoms with Crippen molar-refractivity contribution in [1.82, 2.24) is 9.97 Å². The highest BCUT2D eigenvalue weighted by molar-refractivity contribution is 5.56. The Labute approximate surface area is 129 Å². The van der Waals surface area contributed by atoms with Crippen molar-refractivity contribution >= 4 is 11.6 Å². The summed E-state index contributed by atoms with van der Waals surface area (Å²) in [6.07, 6.45) is 6.53. The van der Waals surface area contributed by atoms with Gasteiger partial charge in [0.1, 0.15) is 17.5 Å². The van der Waals surface area contributed by atoms with Gasteiger partial charge >= 0.3 is 0 Å². The lowest BCUT2D eigenvalue weighted by molar-refractivity contribution is 0.435. The fourth-order valence-electron chi connectivity index (χ4n) is 3.18. The van der Waals surface area contributed by atoms with E-state index in [1.54, 1.807) is 0 Å². The summed E-state index contributed by atoms with van der Waals surface area (Å²) in [5, 5.41) is 0. The fourth-order valence-corrected chi connectivity index (χ4v) is 3.18. The van der Waals surface area contributed by atoms with E-state index < -0.39 is 0 Å². The number of nitrogen functional groups attached to an aromatic ring is 1. The van der Waals surface area contributed by atoms with E-state index in [2.05, 4.69) is 30.7 Å². The number of hydrogen-bond acceptors (Lipinski definition) is 4. The van der Waals surface area contributed by atoms with Crippen molar-refractivity contribution < 1.29 is 0 Å². The quantitative estimate of drug-likeness (QED) is 0.913. The molecule has 0 aliphatic carbocycles. The standard InChI is InChI=1S/C17H30N4/c1-5-7-14-8-6-10-21(11-9-14)17-13(4)15(18)19-16(20-17)12(2)3/h12,14H,5-11H2,1-4H3,(H2,18,19,20). The van der Waals surface area contributed by atoms with E-state index in [-0.39, 0.29) is 0 Å². The summed E-state index contributed by atoms with van der Waals surface area (Å²) < 4.78 is 0. The van der Waals surface area contributed by atoms with Gasteiger partial charge in [-0.2, -0.15) is 0 Å². The third kappa shape index (κ3) is 3.86. The largest absolute Gasteiger partial charge is 0.383 e. The highest BCUT2D eigenvalue weighted by Crippen LogP contribution is 2.29. The van der Waals surface area contributed by atoms with E-state index in [9.17, 15) is 0 Å². The van der Waals surface area contributed by atoms with Crippen LogP contribution in [0.1, 0.15) is 70.2 Å². The van der Waals surface area contributed by atoms with Gasteiger partial charge < -0.3 is 10.6 Å². The van der Waals surface area contributed by atoms with E-state index >= 15 is 0 Å². The number of nitrogens with two attached hydrogens (primary N) is 1. The Hall–Kier alpha value is -1.32. The molecule has 0 spiro atoms. The normalized spacial score (nSPS) is 19.9. The average molecular weight is 290 g/mol. The third-order valence-corrected chi connectivity index (χ3v) is 4.54. The zero-order chi connectivity index (χ0) is 15.4. The summed E-state index contributed by atoms with van der Waals surface area (Å²) >= 11 is 0. The van der Waals surface area contributed by atoms with Gasteiger partial charge in [-0.15, -0.1) is 0 Å². The van der Waals surface area contributed by atoms with Crippen LogP contribution in [0.4, 0.5) is 11.6 Å². The van der Waals surface area contributed by atoms with Crippen molar-refractivity contribution in [3.05, 3.63) is 11.4 Å². The molecule has 0 saturated carbocycles. The minimum Gasteiger partial charge on any atom is -0.383 e. The molecule has 1 unspecified atom stereocenters. The van der Waals surface area contributed by atoms with E-state index in [1.165, 1.54) is 32.1 Å². The summed E-state index contributed by atoms with van der Waals surface area (Å²) in [5.41, 5.74) is 7.14. The van der Waals surface area contributed by atoms with Gasteiger partial charge in [-0.25, -0.2) is 9.97 Å². The predicted molar refractivity (Wildman–Crippen MR) is 89.7 cm³/mol. The van der Waals surface area contributed by atoms with Gasteiger partial charge in [0.05, 0.1) is 0 Å². The van der Waals surface area contributed by atoms with Crippen molar-refractivity contribution in [1.29, 1.82) is 0 Å². The highest BCUT2D eigenvalue weighted by Gasteiger charge is 2.21. The molecule has 4 nitrogen and oxygen atoms in total. The van der Waals surface area contributed by atoms with Crippen LogP contribution in [-0.4, -0.2) is 23.1 Å². The van der Waals surface area contributed by atoms with Crippen LogP contribution in [0.2, 0.25) is 0 Å². The Balaban J connectivity index is 2.21. The first kappa shape index (κ1) is 16.1. The maximum Gasteiger partial charge on any atom is 0.137 e. The first-order valence-electron chi connectivity index (χ1n) is 8.41. The predicted octanol–water partition coefficient (Wildman–Crippen LogP) is 3.90. The molecule has 1 aromatic heterocycles. The second-order valence-electron chi connectivity index (χ2n) is 6.64. The van der Waals surface area contributed by atoms with Crippen molar-refractivity contribution in [3.8, 4) is 0 Å². The van der Waals surface area contributed by atoms with E-state index in [1.807, 2.05) is 6.92 Å². The van der Waals surface area contributed by atoms with Gasteiger partial charge in [0.2, 0.25) is 0 Å². The van der Waals surface area contributed by atoms with Crippen LogP contribution < -0.4 is 10.6 Å². The molecular formula is C17H30N4. The second-order valence-corrected chi connectivity index (χ2v) is 6.64. The zero-order valence-electron chi connectivity index (χ0n) is 14.0. The lowest BCUT2D eigenvalue weighted by atomic mass is 9.96. The molecule has 0 bridgehead atoms. The van der Waals surface area contributed by atoms with Crippen LogP contribution in [0.3, 0.4) is 0 Å². The molecule has 1 atom stereocenters. The molecule has 118 valence electrons. The summed E-state index contributed by atoms with van der Waals surface area (Å²) in [7, 11) is 0. The van der Waals surface area contributed by atoms with Crippen molar-refractivity contribution in [2.75, 3.05) is 23.7 Å². The Morgan fingerprint density at radius 3 is 2.67 bits per heavy atom. The molecule has 1 aliphatic heterocycles. The molecule has 0 aromatic carbocycles. The average Bonchev–Trinajstić information content (AvgIpc) is 2.67. The number of aromatic nitrogens is 2. The Morgan fingerprint density at radius 1 is 1.24 bits per heavy atom. The maximum atomic E-state index is 6.10. The topological polar surface area (TPSA) is 55.0 Å². The maximum absolute atomic E-state index is 6.10. The molecule has 2 heterocycles. The molecule has 1 fully saturated rings. The summed E-state index contributed by atoms with van der Waals surface area (Å²) in [6.45, 7) is 10.8. The fraction of sp³-hybridized carbons (Fsp3) is 0.765. The third-order valence-electron chi connectivity index (χ3n) is 4.54. The highest BCUT2D eigenvalue weighted by atomic mass is 15.2. The Kier molecular flexibility index (Phi) is 5.43. The van der Waals surface area contributed by atoms with Gasteiger partial charge in [-0.1, -0.05) is 33.6 Å². The van der Waals surface area contributed by atoms with E-state index in [0.717, 1.165) is 36.2 Å². The molecular weight excluding hydrogens is 260 g/mol. The van der Waals surface area contributed by atoms with Gasteiger partial charge in [0.25, 0.3) is 0 Å². The van der Waals surface area contributed by atoms with Gasteiger partial charge in [0.15, 0.2) is 0 Å². The molecule has 1 aromatic rings. The number of anilines is 2. The molecule has 2 rings (SSSR count). The van der Waals surface area contributed by atoms with E-state index in [4.69, 9.17) is 10.7 Å². The van der Waals surface area contributed by atoms with Crippen molar-refractivity contribution in [2.45, 2.75) is 65.7 Å². The molecule has 2 N–H and O–H groups in total. The van der Waals surface area contributed by atoms with Crippen LogP contribution in [0.15, 0.2) is 0 Å².